The smallest absolute Gasteiger partial charge is 0.193 e. The first-order valence-corrected chi connectivity index (χ1v) is 8.54. The first kappa shape index (κ1) is 18.3. The van der Waals surface area contributed by atoms with Crippen molar-refractivity contribution in [3.8, 4) is 0 Å². The Balaban J connectivity index is 0.00000176. The molecule has 128 valence electrons. The Kier molecular flexibility index (Phi) is 6.76. The number of aliphatic imine (C=N–C) groups is 1. The van der Waals surface area contributed by atoms with E-state index < -0.39 is 0 Å². The first-order chi connectivity index (χ1) is 10.2. The third-order valence-electron chi connectivity index (χ3n) is 5.38. The van der Waals surface area contributed by atoms with Gasteiger partial charge in [0.1, 0.15) is 0 Å². The van der Waals surface area contributed by atoms with Gasteiger partial charge in [0.25, 0.3) is 0 Å². The summed E-state index contributed by atoms with van der Waals surface area (Å²) in [6.45, 7) is 9.36. The molecule has 2 atom stereocenters. The van der Waals surface area contributed by atoms with Crippen LogP contribution in [0.15, 0.2) is 4.99 Å². The van der Waals surface area contributed by atoms with Crippen LogP contribution in [0.5, 0.6) is 0 Å². The third-order valence-corrected chi connectivity index (χ3v) is 5.38. The number of hydrogen-bond acceptors (Lipinski definition) is 3. The molecule has 0 amide bonds. The van der Waals surface area contributed by atoms with Gasteiger partial charge < -0.3 is 19.9 Å². The second kappa shape index (κ2) is 8.15. The zero-order valence-electron chi connectivity index (χ0n) is 14.0. The lowest BCUT2D eigenvalue weighted by Crippen LogP contribution is -2.42. The van der Waals surface area contributed by atoms with Gasteiger partial charge in [-0.1, -0.05) is 0 Å². The van der Waals surface area contributed by atoms with Gasteiger partial charge in [-0.05, 0) is 46.2 Å². The standard InChI is InChI=1S/C16H30N4O.HI/c1-3-17-15(18-11-14-5-4-8-19(14)2)20-9-6-16(12-20)7-10-21-13-16;/h14H,3-13H2,1-2H3,(H,17,18);1H. The summed E-state index contributed by atoms with van der Waals surface area (Å²) < 4.78 is 5.63. The molecule has 3 aliphatic heterocycles. The van der Waals surface area contributed by atoms with E-state index in [0.29, 0.717) is 11.5 Å². The van der Waals surface area contributed by atoms with Crippen molar-refractivity contribution in [1.29, 1.82) is 0 Å². The van der Waals surface area contributed by atoms with Crippen LogP contribution in [0.2, 0.25) is 0 Å². The van der Waals surface area contributed by atoms with Gasteiger partial charge in [-0.2, -0.15) is 0 Å². The van der Waals surface area contributed by atoms with E-state index in [0.717, 1.165) is 45.4 Å². The zero-order valence-corrected chi connectivity index (χ0v) is 16.3. The van der Waals surface area contributed by atoms with Gasteiger partial charge in [0.05, 0.1) is 13.2 Å². The zero-order chi connectivity index (χ0) is 14.7. The predicted octanol–water partition coefficient (Wildman–Crippen LogP) is 1.78. The number of nitrogens with one attached hydrogen (secondary N) is 1. The fourth-order valence-electron chi connectivity index (χ4n) is 3.91. The summed E-state index contributed by atoms with van der Waals surface area (Å²) in [5, 5.41) is 3.49. The van der Waals surface area contributed by atoms with E-state index in [-0.39, 0.29) is 24.0 Å². The lowest BCUT2D eigenvalue weighted by Gasteiger charge is -2.26. The van der Waals surface area contributed by atoms with Crippen molar-refractivity contribution in [2.24, 2.45) is 10.4 Å². The minimum absolute atomic E-state index is 0. The lowest BCUT2D eigenvalue weighted by atomic mass is 9.87. The minimum atomic E-state index is 0. The Labute approximate surface area is 151 Å². The van der Waals surface area contributed by atoms with E-state index >= 15 is 0 Å². The fourth-order valence-corrected chi connectivity index (χ4v) is 3.91. The predicted molar refractivity (Wildman–Crippen MR) is 101 cm³/mol. The van der Waals surface area contributed by atoms with Crippen molar-refractivity contribution < 1.29 is 4.74 Å². The Bertz CT molecular complexity index is 384. The van der Waals surface area contributed by atoms with Crippen molar-refractivity contribution >= 4 is 29.9 Å². The summed E-state index contributed by atoms with van der Waals surface area (Å²) in [4.78, 5) is 9.83. The molecule has 0 aromatic carbocycles. The third kappa shape index (κ3) is 4.06. The molecule has 3 aliphatic rings. The number of nitrogens with zero attached hydrogens (tertiary/aromatic N) is 3. The molecule has 1 N–H and O–H groups in total. The van der Waals surface area contributed by atoms with Gasteiger partial charge in [0.2, 0.25) is 0 Å². The number of rotatable bonds is 3. The lowest BCUT2D eigenvalue weighted by molar-refractivity contribution is 0.156. The van der Waals surface area contributed by atoms with Crippen LogP contribution in [0.4, 0.5) is 0 Å². The molecule has 6 heteroatoms. The van der Waals surface area contributed by atoms with Gasteiger partial charge >= 0.3 is 0 Å². The average Bonchev–Trinajstić information content (AvgIpc) is 3.19. The number of hydrogen-bond donors (Lipinski definition) is 1. The van der Waals surface area contributed by atoms with Crippen LogP contribution in [-0.4, -0.2) is 74.8 Å². The molecule has 1 spiro atoms. The van der Waals surface area contributed by atoms with E-state index in [1.807, 2.05) is 0 Å². The second-order valence-electron chi connectivity index (χ2n) is 6.95. The quantitative estimate of drug-likeness (QED) is 0.428. The number of halogens is 1. The number of likely N-dealkylation sites (N-methyl/N-ethyl adjacent to an activating group) is 1. The van der Waals surface area contributed by atoms with E-state index in [1.54, 1.807) is 0 Å². The van der Waals surface area contributed by atoms with Crippen molar-refractivity contribution in [3.63, 3.8) is 0 Å². The molecule has 2 unspecified atom stereocenters. The number of ether oxygens (including phenoxy) is 1. The van der Waals surface area contributed by atoms with E-state index in [1.165, 1.54) is 32.2 Å². The van der Waals surface area contributed by atoms with Crippen LogP contribution >= 0.6 is 24.0 Å². The summed E-state index contributed by atoms with van der Waals surface area (Å²) in [5.74, 6) is 1.11. The van der Waals surface area contributed by atoms with Crippen LogP contribution in [0.25, 0.3) is 0 Å². The van der Waals surface area contributed by atoms with E-state index in [2.05, 4.69) is 29.1 Å². The van der Waals surface area contributed by atoms with Crippen LogP contribution in [0.1, 0.15) is 32.6 Å². The summed E-state index contributed by atoms with van der Waals surface area (Å²) in [7, 11) is 2.22. The number of likely N-dealkylation sites (tertiary alicyclic amines) is 2. The normalized spacial score (nSPS) is 32.7. The molecule has 3 rings (SSSR count). The molecule has 3 fully saturated rings. The maximum absolute atomic E-state index is 5.63. The highest BCUT2D eigenvalue weighted by Gasteiger charge is 2.42. The van der Waals surface area contributed by atoms with E-state index in [9.17, 15) is 0 Å². The molecule has 0 saturated carbocycles. The van der Waals surface area contributed by atoms with Gasteiger partial charge in [0.15, 0.2) is 5.96 Å². The fraction of sp³-hybridized carbons (Fsp3) is 0.938. The highest BCUT2D eigenvalue weighted by atomic mass is 127. The topological polar surface area (TPSA) is 40.1 Å². The van der Waals surface area contributed by atoms with Gasteiger partial charge in [-0.15, -0.1) is 24.0 Å². The van der Waals surface area contributed by atoms with Crippen LogP contribution in [0, 0.1) is 5.41 Å². The van der Waals surface area contributed by atoms with Gasteiger partial charge in [0, 0.05) is 37.7 Å². The molecular formula is C16H31IN4O. The average molecular weight is 422 g/mol. The maximum atomic E-state index is 5.63. The summed E-state index contributed by atoms with van der Waals surface area (Å²) in [5.41, 5.74) is 0.403. The second-order valence-corrected chi connectivity index (χ2v) is 6.95. The monoisotopic (exact) mass is 422 g/mol. The Hall–Kier alpha value is -0.0800. The molecule has 0 radical (unpaired) electrons. The molecule has 0 aliphatic carbocycles. The highest BCUT2D eigenvalue weighted by Crippen LogP contribution is 2.38. The highest BCUT2D eigenvalue weighted by molar-refractivity contribution is 14.0. The number of guanidine groups is 1. The van der Waals surface area contributed by atoms with Gasteiger partial charge in [-0.25, -0.2) is 0 Å². The van der Waals surface area contributed by atoms with Crippen molar-refractivity contribution in [2.45, 2.75) is 38.6 Å². The van der Waals surface area contributed by atoms with Crippen molar-refractivity contribution in [2.75, 3.05) is 53.0 Å². The summed E-state index contributed by atoms with van der Waals surface area (Å²) in [6, 6.07) is 0.630. The van der Waals surface area contributed by atoms with Gasteiger partial charge in [-0.3, -0.25) is 4.99 Å². The molecule has 0 aromatic heterocycles. The molecule has 3 saturated heterocycles. The SMILES string of the molecule is CCNC(=NCC1CCCN1C)N1CCC2(CCOC2)C1.I. The summed E-state index contributed by atoms with van der Waals surface area (Å²) in [6.07, 6.45) is 5.07. The largest absolute Gasteiger partial charge is 0.381 e. The minimum Gasteiger partial charge on any atom is -0.381 e. The molecule has 22 heavy (non-hydrogen) atoms. The van der Waals surface area contributed by atoms with Crippen molar-refractivity contribution in [1.82, 2.24) is 15.1 Å². The van der Waals surface area contributed by atoms with Crippen molar-refractivity contribution in [3.05, 3.63) is 0 Å². The van der Waals surface area contributed by atoms with Crippen LogP contribution in [0.3, 0.4) is 0 Å². The first-order valence-electron chi connectivity index (χ1n) is 8.54. The van der Waals surface area contributed by atoms with Crippen LogP contribution < -0.4 is 5.32 Å². The Morgan fingerprint density at radius 3 is 2.86 bits per heavy atom. The molecular weight excluding hydrogens is 391 g/mol. The van der Waals surface area contributed by atoms with E-state index in [4.69, 9.17) is 9.73 Å². The Morgan fingerprint density at radius 1 is 1.36 bits per heavy atom. The molecule has 0 bridgehead atoms. The molecule has 5 nitrogen and oxygen atoms in total. The molecule has 3 heterocycles. The summed E-state index contributed by atoms with van der Waals surface area (Å²) >= 11 is 0. The Morgan fingerprint density at radius 2 is 2.23 bits per heavy atom. The maximum Gasteiger partial charge on any atom is 0.193 e. The molecule has 0 aromatic rings. The van der Waals surface area contributed by atoms with Crippen LogP contribution in [-0.2, 0) is 4.74 Å².